The Morgan fingerprint density at radius 1 is 1.22 bits per heavy atom. The number of H-pyrrole nitrogens is 1. The number of nitrogens with one attached hydrogen (secondary N) is 1. The predicted molar refractivity (Wildman–Crippen MR) is 91.7 cm³/mol. The van der Waals surface area contributed by atoms with Crippen LogP contribution in [0.4, 0.5) is 5.82 Å². The maximum Gasteiger partial charge on any atom is 0.250 e. The second-order valence-electron chi connectivity index (χ2n) is 6.62. The molecular weight excluding hydrogens is 284 g/mol. The molecule has 4 nitrogen and oxygen atoms in total. The van der Waals surface area contributed by atoms with Crippen molar-refractivity contribution in [1.29, 1.82) is 5.26 Å². The van der Waals surface area contributed by atoms with Gasteiger partial charge in [-0.2, -0.15) is 9.66 Å². The maximum atomic E-state index is 9.75. The fourth-order valence-corrected chi connectivity index (χ4v) is 3.65. The predicted octanol–water partition coefficient (Wildman–Crippen LogP) is 3.50. The number of hydrogen-bond acceptors (Lipinski definition) is 2. The molecule has 4 heteroatoms. The second-order valence-corrected chi connectivity index (χ2v) is 6.62. The number of imidazole rings is 1. The van der Waals surface area contributed by atoms with Gasteiger partial charge in [-0.1, -0.05) is 26.0 Å². The molecule has 0 unspecified atom stereocenters. The average molecular weight is 305 g/mol. The molecule has 1 aliphatic rings. The van der Waals surface area contributed by atoms with Crippen molar-refractivity contribution in [2.45, 2.75) is 32.6 Å². The summed E-state index contributed by atoms with van der Waals surface area (Å²) in [5.41, 5.74) is 5.02. The molecule has 0 aliphatic carbocycles. The van der Waals surface area contributed by atoms with Gasteiger partial charge in [0.15, 0.2) is 0 Å². The number of pyridine rings is 1. The Hall–Kier alpha value is -2.54. The highest BCUT2D eigenvalue weighted by Gasteiger charge is 2.27. The van der Waals surface area contributed by atoms with Crippen molar-refractivity contribution in [3.63, 3.8) is 0 Å². The number of aromatic amines is 1. The van der Waals surface area contributed by atoms with Crippen molar-refractivity contribution in [2.24, 2.45) is 0 Å². The molecule has 23 heavy (non-hydrogen) atoms. The Balaban J connectivity index is 2.15. The molecule has 1 saturated heterocycles. The molecule has 0 amide bonds. The van der Waals surface area contributed by atoms with E-state index >= 15 is 0 Å². The zero-order chi connectivity index (χ0) is 16.0. The van der Waals surface area contributed by atoms with Crippen molar-refractivity contribution in [1.82, 2.24) is 4.98 Å². The number of nitriles is 1. The summed E-state index contributed by atoms with van der Waals surface area (Å²) in [6.45, 7) is 6.49. The van der Waals surface area contributed by atoms with Gasteiger partial charge in [0, 0.05) is 6.07 Å². The standard InChI is InChI=1S/C19H20N4/c1-13(2)14-11-18(22-9-5-6-10-22)23-17-8-4-3-7-16(17)21-19(23)15(14)12-20/h3-4,7-8,11,13H,5-6,9-10H2,1-2H3/p+1. The van der Waals surface area contributed by atoms with Gasteiger partial charge in [0.25, 0.3) is 0 Å². The number of anilines is 1. The van der Waals surface area contributed by atoms with Crippen molar-refractivity contribution in [3.05, 3.63) is 41.5 Å². The lowest BCUT2D eigenvalue weighted by atomic mass is 9.99. The summed E-state index contributed by atoms with van der Waals surface area (Å²) in [6, 6.07) is 12.9. The number of hydrogen-bond donors (Lipinski definition) is 1. The molecule has 2 aromatic heterocycles. The summed E-state index contributed by atoms with van der Waals surface area (Å²) >= 11 is 0. The summed E-state index contributed by atoms with van der Waals surface area (Å²) in [4.78, 5) is 5.92. The molecule has 1 aliphatic heterocycles. The molecule has 4 rings (SSSR count). The van der Waals surface area contributed by atoms with Gasteiger partial charge in [-0.05, 0) is 36.5 Å². The lowest BCUT2D eigenvalue weighted by Gasteiger charge is -2.16. The summed E-state index contributed by atoms with van der Waals surface area (Å²) in [7, 11) is 0. The Kier molecular flexibility index (Phi) is 3.23. The van der Waals surface area contributed by atoms with E-state index in [0.29, 0.717) is 5.92 Å². The highest BCUT2D eigenvalue weighted by Crippen LogP contribution is 2.28. The molecule has 0 saturated carbocycles. The Bertz CT molecular complexity index is 924. The van der Waals surface area contributed by atoms with Gasteiger partial charge in [-0.15, -0.1) is 0 Å². The van der Waals surface area contributed by atoms with E-state index in [1.54, 1.807) is 0 Å². The number of aromatic nitrogens is 2. The van der Waals surface area contributed by atoms with Crippen LogP contribution in [0, 0.1) is 11.3 Å². The third kappa shape index (κ3) is 2.08. The first-order valence-corrected chi connectivity index (χ1v) is 8.35. The van der Waals surface area contributed by atoms with Crippen LogP contribution in [0.2, 0.25) is 0 Å². The van der Waals surface area contributed by atoms with Crippen LogP contribution in [-0.2, 0) is 0 Å². The summed E-state index contributed by atoms with van der Waals surface area (Å²) in [5, 5.41) is 9.75. The van der Waals surface area contributed by atoms with E-state index in [0.717, 1.165) is 40.9 Å². The summed E-state index contributed by atoms with van der Waals surface area (Å²) in [5.74, 6) is 1.53. The molecule has 0 spiro atoms. The van der Waals surface area contributed by atoms with Crippen molar-refractivity contribution >= 4 is 22.5 Å². The van der Waals surface area contributed by atoms with Crippen LogP contribution in [0.3, 0.4) is 0 Å². The molecule has 1 aromatic carbocycles. The molecule has 0 atom stereocenters. The average Bonchev–Trinajstić information content (AvgIpc) is 3.20. The molecule has 116 valence electrons. The van der Waals surface area contributed by atoms with E-state index in [2.05, 4.69) is 58.5 Å². The van der Waals surface area contributed by atoms with Gasteiger partial charge in [0.05, 0.1) is 13.1 Å². The third-order valence-corrected chi connectivity index (χ3v) is 4.82. The fraction of sp³-hybridized carbons (Fsp3) is 0.368. The fourth-order valence-electron chi connectivity index (χ4n) is 3.65. The van der Waals surface area contributed by atoms with Gasteiger partial charge in [0.1, 0.15) is 22.7 Å². The van der Waals surface area contributed by atoms with Crippen LogP contribution < -0.4 is 9.30 Å². The molecule has 0 radical (unpaired) electrons. The van der Waals surface area contributed by atoms with Crippen LogP contribution in [0.1, 0.15) is 43.7 Å². The van der Waals surface area contributed by atoms with E-state index in [1.165, 1.54) is 18.7 Å². The second kappa shape index (κ2) is 5.27. The molecule has 1 fully saturated rings. The monoisotopic (exact) mass is 305 g/mol. The van der Waals surface area contributed by atoms with Crippen LogP contribution in [0.5, 0.6) is 0 Å². The SMILES string of the molecule is CC(C)c1cc(N2CCCC2)[n+]2c([nH]c3ccccc32)c1C#N. The van der Waals surface area contributed by atoms with Gasteiger partial charge < -0.3 is 0 Å². The minimum absolute atomic E-state index is 0.322. The Morgan fingerprint density at radius 3 is 2.65 bits per heavy atom. The number of para-hydroxylation sites is 2. The van der Waals surface area contributed by atoms with Crippen molar-refractivity contribution in [2.75, 3.05) is 18.0 Å². The quantitative estimate of drug-likeness (QED) is 0.737. The summed E-state index contributed by atoms with van der Waals surface area (Å²) in [6.07, 6.45) is 2.48. The van der Waals surface area contributed by atoms with E-state index in [9.17, 15) is 5.26 Å². The van der Waals surface area contributed by atoms with Crippen LogP contribution in [-0.4, -0.2) is 18.1 Å². The first kappa shape index (κ1) is 14.1. The number of nitrogens with zero attached hydrogens (tertiary/aromatic N) is 3. The molecule has 3 aromatic rings. The highest BCUT2D eigenvalue weighted by molar-refractivity contribution is 5.77. The van der Waals surface area contributed by atoms with Crippen LogP contribution in [0.15, 0.2) is 30.3 Å². The van der Waals surface area contributed by atoms with Gasteiger partial charge in [-0.25, -0.2) is 0 Å². The third-order valence-electron chi connectivity index (χ3n) is 4.82. The first-order valence-electron chi connectivity index (χ1n) is 8.35. The van der Waals surface area contributed by atoms with E-state index < -0.39 is 0 Å². The van der Waals surface area contributed by atoms with E-state index in [1.807, 2.05) is 6.07 Å². The number of benzene rings is 1. The minimum atomic E-state index is 0.322. The molecule has 0 bridgehead atoms. The van der Waals surface area contributed by atoms with E-state index in [-0.39, 0.29) is 0 Å². The summed E-state index contributed by atoms with van der Waals surface area (Å²) < 4.78 is 2.23. The van der Waals surface area contributed by atoms with Gasteiger partial charge in [0.2, 0.25) is 11.5 Å². The molecular formula is C19H21N4+. The minimum Gasteiger partial charge on any atom is -0.292 e. The van der Waals surface area contributed by atoms with Crippen molar-refractivity contribution in [3.8, 4) is 6.07 Å². The lowest BCUT2D eigenvalue weighted by molar-refractivity contribution is -0.467. The maximum absolute atomic E-state index is 9.75. The molecule has 3 heterocycles. The van der Waals surface area contributed by atoms with Crippen molar-refractivity contribution < 1.29 is 4.40 Å². The normalized spacial score (nSPS) is 15.0. The van der Waals surface area contributed by atoms with E-state index in [4.69, 9.17) is 0 Å². The topological polar surface area (TPSA) is 46.9 Å². The smallest absolute Gasteiger partial charge is 0.250 e. The zero-order valence-electron chi connectivity index (χ0n) is 13.6. The highest BCUT2D eigenvalue weighted by atomic mass is 15.2. The van der Waals surface area contributed by atoms with Gasteiger partial charge >= 0.3 is 0 Å². The van der Waals surface area contributed by atoms with Gasteiger partial charge in [-0.3, -0.25) is 9.88 Å². The Morgan fingerprint density at radius 2 is 1.96 bits per heavy atom. The van der Waals surface area contributed by atoms with Crippen LogP contribution >= 0.6 is 0 Å². The number of rotatable bonds is 2. The number of fused-ring (bicyclic) bond motifs is 3. The Labute approximate surface area is 136 Å². The zero-order valence-corrected chi connectivity index (χ0v) is 13.6. The lowest BCUT2D eigenvalue weighted by Crippen LogP contribution is -2.34. The van der Waals surface area contributed by atoms with Crippen LogP contribution in [0.25, 0.3) is 16.7 Å². The molecule has 1 N–H and O–H groups in total. The largest absolute Gasteiger partial charge is 0.292 e. The first-order chi connectivity index (χ1) is 11.2.